The van der Waals surface area contributed by atoms with Crippen LogP contribution in [0.1, 0.15) is 32.6 Å². The number of ether oxygens (including phenoxy) is 1. The van der Waals surface area contributed by atoms with Crippen LogP contribution in [0.3, 0.4) is 0 Å². The summed E-state index contributed by atoms with van der Waals surface area (Å²) >= 11 is 0. The van der Waals surface area contributed by atoms with Gasteiger partial charge in [0.1, 0.15) is 6.61 Å². The molecule has 1 amide bonds. The summed E-state index contributed by atoms with van der Waals surface area (Å²) in [5, 5.41) is 0. The highest BCUT2D eigenvalue weighted by molar-refractivity contribution is 5.67. The van der Waals surface area contributed by atoms with Gasteiger partial charge >= 0.3 is 6.09 Å². The maximum absolute atomic E-state index is 11.5. The molecule has 1 saturated heterocycles. The molecular formula is C12H19NO2. The van der Waals surface area contributed by atoms with Crippen LogP contribution in [-0.4, -0.2) is 30.7 Å². The van der Waals surface area contributed by atoms with Crippen molar-refractivity contribution in [1.82, 2.24) is 4.90 Å². The lowest BCUT2D eigenvalue weighted by atomic mass is 9.95. The molecule has 0 aromatic rings. The minimum atomic E-state index is -0.209. The molecule has 3 heteroatoms. The number of piperidine rings is 1. The fourth-order valence-corrected chi connectivity index (χ4v) is 1.81. The zero-order chi connectivity index (χ0) is 11.1. The molecule has 3 nitrogen and oxygen atoms in total. The summed E-state index contributed by atoms with van der Waals surface area (Å²) < 4.78 is 5.04. The van der Waals surface area contributed by atoms with Gasteiger partial charge in [0.05, 0.1) is 0 Å². The number of nitrogens with zero attached hydrogens (tertiary/aromatic N) is 1. The summed E-state index contributed by atoms with van der Waals surface area (Å²) in [6, 6.07) is 0. The summed E-state index contributed by atoms with van der Waals surface area (Å²) in [4.78, 5) is 13.3. The lowest BCUT2D eigenvalue weighted by Crippen LogP contribution is -2.38. The number of hydrogen-bond acceptors (Lipinski definition) is 2. The number of likely N-dealkylation sites (tertiary alicyclic amines) is 1. The maximum atomic E-state index is 11.5. The second-order valence-electron chi connectivity index (χ2n) is 3.91. The zero-order valence-electron chi connectivity index (χ0n) is 9.37. The minimum absolute atomic E-state index is 0.209. The van der Waals surface area contributed by atoms with Crippen molar-refractivity contribution in [3.63, 3.8) is 0 Å². The first-order valence-corrected chi connectivity index (χ1v) is 5.63. The van der Waals surface area contributed by atoms with Crippen molar-refractivity contribution >= 4 is 6.09 Å². The summed E-state index contributed by atoms with van der Waals surface area (Å²) in [5.74, 6) is 3.22. The van der Waals surface area contributed by atoms with Crippen LogP contribution in [-0.2, 0) is 4.74 Å². The fourth-order valence-electron chi connectivity index (χ4n) is 1.81. The summed E-state index contributed by atoms with van der Waals surface area (Å²) in [6.45, 7) is 4.19. The SMILES string of the molecule is C#CCCOC(=O)N1CCC(CC)CC1. The molecule has 0 N–H and O–H groups in total. The maximum Gasteiger partial charge on any atom is 0.409 e. The molecular weight excluding hydrogens is 190 g/mol. The summed E-state index contributed by atoms with van der Waals surface area (Å²) in [7, 11) is 0. The minimum Gasteiger partial charge on any atom is -0.448 e. The molecule has 0 saturated carbocycles. The molecule has 1 rings (SSSR count). The van der Waals surface area contributed by atoms with Crippen LogP contribution in [0.15, 0.2) is 0 Å². The molecule has 0 aromatic carbocycles. The smallest absolute Gasteiger partial charge is 0.409 e. The van der Waals surface area contributed by atoms with E-state index in [1.165, 1.54) is 6.42 Å². The Morgan fingerprint density at radius 1 is 1.53 bits per heavy atom. The molecule has 0 aliphatic carbocycles. The van der Waals surface area contributed by atoms with E-state index in [9.17, 15) is 4.79 Å². The van der Waals surface area contributed by atoms with Crippen molar-refractivity contribution in [2.24, 2.45) is 5.92 Å². The second-order valence-corrected chi connectivity index (χ2v) is 3.91. The summed E-state index contributed by atoms with van der Waals surface area (Å²) in [6.07, 6.45) is 8.77. The lowest BCUT2D eigenvalue weighted by Gasteiger charge is -2.30. The molecule has 1 aliphatic rings. The average Bonchev–Trinajstić information content (AvgIpc) is 2.29. The average molecular weight is 209 g/mol. The first-order valence-electron chi connectivity index (χ1n) is 5.63. The van der Waals surface area contributed by atoms with Crippen molar-refractivity contribution in [2.45, 2.75) is 32.6 Å². The van der Waals surface area contributed by atoms with Crippen LogP contribution in [0.5, 0.6) is 0 Å². The molecule has 0 aromatic heterocycles. The number of carbonyl (C=O) groups is 1. The highest BCUT2D eigenvalue weighted by Gasteiger charge is 2.22. The second kappa shape index (κ2) is 6.34. The van der Waals surface area contributed by atoms with Gasteiger partial charge in [0.2, 0.25) is 0 Å². The molecule has 1 heterocycles. The normalized spacial score (nSPS) is 17.2. The lowest BCUT2D eigenvalue weighted by molar-refractivity contribution is 0.0890. The third-order valence-electron chi connectivity index (χ3n) is 2.92. The van der Waals surface area contributed by atoms with Crippen molar-refractivity contribution < 1.29 is 9.53 Å². The molecule has 15 heavy (non-hydrogen) atoms. The monoisotopic (exact) mass is 209 g/mol. The van der Waals surface area contributed by atoms with Crippen LogP contribution in [0.2, 0.25) is 0 Å². The molecule has 1 fully saturated rings. The van der Waals surface area contributed by atoms with E-state index in [4.69, 9.17) is 11.2 Å². The quantitative estimate of drug-likeness (QED) is 0.527. The Morgan fingerprint density at radius 3 is 2.73 bits per heavy atom. The van der Waals surface area contributed by atoms with E-state index in [1.54, 1.807) is 4.90 Å². The molecule has 0 spiro atoms. The van der Waals surface area contributed by atoms with Gasteiger partial charge in [0.15, 0.2) is 0 Å². The van der Waals surface area contributed by atoms with Crippen LogP contribution in [0.4, 0.5) is 4.79 Å². The molecule has 0 atom stereocenters. The van der Waals surface area contributed by atoms with Gasteiger partial charge in [-0.1, -0.05) is 13.3 Å². The van der Waals surface area contributed by atoms with Crippen molar-refractivity contribution in [3.05, 3.63) is 0 Å². The Bertz CT molecular complexity index is 236. The van der Waals surface area contributed by atoms with Gasteiger partial charge in [-0.2, -0.15) is 0 Å². The molecule has 1 aliphatic heterocycles. The standard InChI is InChI=1S/C12H19NO2/c1-3-5-10-15-12(14)13-8-6-11(4-2)7-9-13/h1,11H,4-10H2,2H3. The molecule has 84 valence electrons. The van der Waals surface area contributed by atoms with Crippen LogP contribution in [0, 0.1) is 18.3 Å². The highest BCUT2D eigenvalue weighted by atomic mass is 16.6. The van der Waals surface area contributed by atoms with E-state index in [1.807, 2.05) is 0 Å². The summed E-state index contributed by atoms with van der Waals surface area (Å²) in [5.41, 5.74) is 0. The Hall–Kier alpha value is -1.17. The van der Waals surface area contributed by atoms with Gasteiger partial charge in [0.25, 0.3) is 0 Å². The number of rotatable bonds is 3. The predicted octanol–water partition coefficient (Wildman–Crippen LogP) is 2.27. The van der Waals surface area contributed by atoms with E-state index in [0.29, 0.717) is 13.0 Å². The molecule has 0 radical (unpaired) electrons. The topological polar surface area (TPSA) is 29.5 Å². The number of terminal acetylenes is 1. The van der Waals surface area contributed by atoms with Crippen LogP contribution < -0.4 is 0 Å². The zero-order valence-corrected chi connectivity index (χ0v) is 9.37. The van der Waals surface area contributed by atoms with E-state index in [2.05, 4.69) is 12.8 Å². The fraction of sp³-hybridized carbons (Fsp3) is 0.750. The first kappa shape index (κ1) is 11.9. The van der Waals surface area contributed by atoms with Gasteiger partial charge in [-0.15, -0.1) is 12.3 Å². The third kappa shape index (κ3) is 3.83. The predicted molar refractivity (Wildman–Crippen MR) is 59.4 cm³/mol. The van der Waals surface area contributed by atoms with Gasteiger partial charge in [-0.3, -0.25) is 0 Å². The first-order chi connectivity index (χ1) is 7.27. The molecule has 0 unspecified atom stereocenters. The van der Waals surface area contributed by atoms with Crippen LogP contribution in [0.25, 0.3) is 0 Å². The van der Waals surface area contributed by atoms with Gasteiger partial charge in [0, 0.05) is 19.5 Å². The van der Waals surface area contributed by atoms with Crippen molar-refractivity contribution in [1.29, 1.82) is 0 Å². The Morgan fingerprint density at radius 2 is 2.20 bits per heavy atom. The Kier molecular flexibility index (Phi) is 5.03. The van der Waals surface area contributed by atoms with Gasteiger partial charge < -0.3 is 9.64 Å². The van der Waals surface area contributed by atoms with Crippen molar-refractivity contribution in [2.75, 3.05) is 19.7 Å². The number of hydrogen-bond donors (Lipinski definition) is 0. The van der Waals surface area contributed by atoms with Crippen molar-refractivity contribution in [3.8, 4) is 12.3 Å². The number of carbonyl (C=O) groups excluding carboxylic acids is 1. The number of amides is 1. The Labute approximate surface area is 91.8 Å². The van der Waals surface area contributed by atoms with E-state index < -0.39 is 0 Å². The molecule has 0 bridgehead atoms. The van der Waals surface area contributed by atoms with E-state index >= 15 is 0 Å². The van der Waals surface area contributed by atoms with Gasteiger partial charge in [-0.25, -0.2) is 4.79 Å². The van der Waals surface area contributed by atoms with E-state index in [-0.39, 0.29) is 6.09 Å². The Balaban J connectivity index is 2.21. The highest BCUT2D eigenvalue weighted by Crippen LogP contribution is 2.20. The third-order valence-corrected chi connectivity index (χ3v) is 2.92. The largest absolute Gasteiger partial charge is 0.448 e. The van der Waals surface area contributed by atoms with E-state index in [0.717, 1.165) is 31.8 Å². The van der Waals surface area contributed by atoms with Crippen LogP contribution >= 0.6 is 0 Å². The van der Waals surface area contributed by atoms with Gasteiger partial charge in [-0.05, 0) is 18.8 Å².